The number of aryl methyl sites for hydroxylation is 1. The zero-order valence-electron chi connectivity index (χ0n) is 15.6. The molecule has 0 aliphatic carbocycles. The molecule has 0 fully saturated rings. The van der Waals surface area contributed by atoms with Gasteiger partial charge in [-0.3, -0.25) is 4.79 Å². The van der Waals surface area contributed by atoms with E-state index in [-0.39, 0.29) is 18.3 Å². The molecule has 2 aromatic carbocycles. The summed E-state index contributed by atoms with van der Waals surface area (Å²) >= 11 is 6.50. The van der Waals surface area contributed by atoms with Crippen LogP contribution < -0.4 is 5.32 Å². The molecule has 0 saturated carbocycles. The average molecular weight is 536 g/mol. The van der Waals surface area contributed by atoms with Gasteiger partial charge in [0.05, 0.1) is 11.4 Å². The van der Waals surface area contributed by atoms with Gasteiger partial charge in [0, 0.05) is 20.5 Å². The summed E-state index contributed by atoms with van der Waals surface area (Å²) in [6, 6.07) is 10.5. The second-order valence-electron chi connectivity index (χ2n) is 6.60. The highest BCUT2D eigenvalue weighted by atomic mass is 79.9. The quantitative estimate of drug-likeness (QED) is 0.356. The maximum absolute atomic E-state index is 13.5. The molecule has 1 amide bonds. The maximum atomic E-state index is 13.5. The Kier molecular flexibility index (Phi) is 5.66. The topological polar surface area (TPSA) is 59.8 Å². The van der Waals surface area contributed by atoms with E-state index in [4.69, 9.17) is 0 Å². The van der Waals surface area contributed by atoms with Crippen molar-refractivity contribution in [2.75, 3.05) is 5.32 Å². The molecule has 2 aromatic heterocycles. The molecule has 0 spiro atoms. The van der Waals surface area contributed by atoms with Crippen LogP contribution >= 0.6 is 31.9 Å². The van der Waals surface area contributed by atoms with Gasteiger partial charge in [-0.05, 0) is 80.2 Å². The maximum Gasteiger partial charge on any atom is 0.246 e. The Labute approximate surface area is 187 Å². The Morgan fingerprint density at radius 3 is 2.40 bits per heavy atom. The van der Waals surface area contributed by atoms with Gasteiger partial charge in [-0.25, -0.2) is 18.4 Å². The molecule has 0 unspecified atom stereocenters. The Morgan fingerprint density at radius 1 is 1.07 bits per heavy atom. The molecule has 30 heavy (non-hydrogen) atoms. The number of fused-ring (bicyclic) bond motifs is 1. The molecule has 0 saturated heterocycles. The summed E-state index contributed by atoms with van der Waals surface area (Å²) in [7, 11) is 0. The lowest BCUT2D eigenvalue weighted by Crippen LogP contribution is -2.20. The van der Waals surface area contributed by atoms with Crippen LogP contribution in [0.3, 0.4) is 0 Å². The van der Waals surface area contributed by atoms with Crippen LogP contribution in [-0.2, 0) is 11.3 Å². The first-order valence-corrected chi connectivity index (χ1v) is 10.4. The van der Waals surface area contributed by atoms with Gasteiger partial charge in [0.15, 0.2) is 5.65 Å². The van der Waals surface area contributed by atoms with Gasteiger partial charge in [-0.1, -0.05) is 12.1 Å². The minimum atomic E-state index is -0.432. The number of carbonyl (C=O) groups excluding carboxylic acids is 1. The van der Waals surface area contributed by atoms with Crippen molar-refractivity contribution in [3.05, 3.63) is 74.9 Å². The minimum absolute atomic E-state index is 0.0829. The molecule has 0 bridgehead atoms. The van der Waals surface area contributed by atoms with Crippen LogP contribution in [0.1, 0.15) is 5.69 Å². The van der Waals surface area contributed by atoms with Crippen molar-refractivity contribution in [2.24, 2.45) is 0 Å². The van der Waals surface area contributed by atoms with Crippen molar-refractivity contribution in [2.45, 2.75) is 13.5 Å². The third-order valence-corrected chi connectivity index (χ3v) is 5.78. The molecule has 0 atom stereocenters. The molecule has 0 aliphatic rings. The standard InChI is InChI=1S/C21H14Br2F2N4O/c1-11-19-15(12-2-4-13(24)5-3-12)6-7-26-21(19)29(28-11)10-18(30)27-20-16(22)8-14(25)9-17(20)23/h2-9H,10H2,1H3,(H,27,30). The number of hydrogen-bond donors (Lipinski definition) is 1. The van der Waals surface area contributed by atoms with Gasteiger partial charge in [0.2, 0.25) is 5.91 Å². The predicted octanol–water partition coefficient (Wildman–Crippen LogP) is 5.85. The number of amides is 1. The van der Waals surface area contributed by atoms with Crippen LogP contribution in [-0.4, -0.2) is 20.7 Å². The second kappa shape index (κ2) is 8.23. The van der Waals surface area contributed by atoms with Gasteiger partial charge < -0.3 is 5.32 Å². The third kappa shape index (κ3) is 3.99. The molecule has 0 radical (unpaired) electrons. The lowest BCUT2D eigenvalue weighted by Gasteiger charge is -2.10. The van der Waals surface area contributed by atoms with E-state index in [2.05, 4.69) is 47.3 Å². The highest BCUT2D eigenvalue weighted by Gasteiger charge is 2.17. The van der Waals surface area contributed by atoms with Crippen LogP contribution in [0.5, 0.6) is 0 Å². The van der Waals surface area contributed by atoms with Crippen molar-refractivity contribution in [1.82, 2.24) is 14.8 Å². The lowest BCUT2D eigenvalue weighted by atomic mass is 10.0. The summed E-state index contributed by atoms with van der Waals surface area (Å²) < 4.78 is 29.1. The third-order valence-electron chi connectivity index (χ3n) is 4.53. The molecule has 9 heteroatoms. The highest BCUT2D eigenvalue weighted by Crippen LogP contribution is 2.33. The van der Waals surface area contributed by atoms with E-state index in [1.54, 1.807) is 18.3 Å². The SMILES string of the molecule is Cc1nn(CC(=O)Nc2c(Br)cc(F)cc2Br)c2nccc(-c3ccc(F)cc3)c12. The molecule has 5 nitrogen and oxygen atoms in total. The molecule has 2 heterocycles. The summed E-state index contributed by atoms with van der Waals surface area (Å²) in [5, 5.41) is 8.01. The van der Waals surface area contributed by atoms with Crippen LogP contribution in [0.25, 0.3) is 22.2 Å². The van der Waals surface area contributed by atoms with Crippen molar-refractivity contribution in [1.29, 1.82) is 0 Å². The number of rotatable bonds is 4. The van der Waals surface area contributed by atoms with Crippen molar-refractivity contribution < 1.29 is 13.6 Å². The van der Waals surface area contributed by atoms with Crippen LogP contribution in [0, 0.1) is 18.6 Å². The fourth-order valence-electron chi connectivity index (χ4n) is 3.24. The number of benzene rings is 2. The van der Waals surface area contributed by atoms with Crippen LogP contribution in [0.15, 0.2) is 57.6 Å². The molecule has 4 rings (SSSR count). The smallest absolute Gasteiger partial charge is 0.246 e. The summed E-state index contributed by atoms with van der Waals surface area (Å²) in [5.41, 5.74) is 3.36. The Hall–Kier alpha value is -2.65. The van der Waals surface area contributed by atoms with Gasteiger partial charge in [0.25, 0.3) is 0 Å². The summed E-state index contributed by atoms with van der Waals surface area (Å²) in [6.07, 6.45) is 1.63. The number of halogens is 4. The van der Waals surface area contributed by atoms with Gasteiger partial charge >= 0.3 is 0 Å². The number of hydrogen-bond acceptors (Lipinski definition) is 3. The van der Waals surface area contributed by atoms with Crippen molar-refractivity contribution >= 4 is 54.5 Å². The average Bonchev–Trinajstić information content (AvgIpc) is 3.01. The minimum Gasteiger partial charge on any atom is -0.323 e. The molecule has 152 valence electrons. The molecular formula is C21H14Br2F2N4O. The molecule has 0 aliphatic heterocycles. The monoisotopic (exact) mass is 534 g/mol. The Bertz CT molecular complexity index is 1250. The predicted molar refractivity (Wildman–Crippen MR) is 118 cm³/mol. The second-order valence-corrected chi connectivity index (χ2v) is 8.31. The zero-order chi connectivity index (χ0) is 21.4. The van der Waals surface area contributed by atoms with Gasteiger partial charge in [-0.2, -0.15) is 5.10 Å². The lowest BCUT2D eigenvalue weighted by molar-refractivity contribution is -0.116. The molecular weight excluding hydrogens is 522 g/mol. The van der Waals surface area contributed by atoms with Crippen molar-refractivity contribution in [3.63, 3.8) is 0 Å². The van der Waals surface area contributed by atoms with Crippen LogP contribution in [0.2, 0.25) is 0 Å². The summed E-state index contributed by atoms with van der Waals surface area (Å²) in [5.74, 6) is -1.09. The van der Waals surface area contributed by atoms with E-state index >= 15 is 0 Å². The first-order valence-electron chi connectivity index (χ1n) is 8.86. The van der Waals surface area contributed by atoms with E-state index in [9.17, 15) is 13.6 Å². The summed E-state index contributed by atoms with van der Waals surface area (Å²) in [4.78, 5) is 17.0. The van der Waals surface area contributed by atoms with Gasteiger partial charge in [-0.15, -0.1) is 0 Å². The zero-order valence-corrected chi connectivity index (χ0v) is 18.8. The van der Waals surface area contributed by atoms with E-state index in [1.165, 1.54) is 28.9 Å². The highest BCUT2D eigenvalue weighted by molar-refractivity contribution is 9.11. The fourth-order valence-corrected chi connectivity index (χ4v) is 4.57. The summed E-state index contributed by atoms with van der Waals surface area (Å²) in [6.45, 7) is 1.75. The van der Waals surface area contributed by atoms with E-state index in [0.29, 0.717) is 26.0 Å². The fraction of sp³-hybridized carbons (Fsp3) is 0.0952. The number of nitrogens with zero attached hydrogens (tertiary/aromatic N) is 3. The first-order chi connectivity index (χ1) is 14.3. The largest absolute Gasteiger partial charge is 0.323 e. The Balaban J connectivity index is 1.67. The van der Waals surface area contributed by atoms with Crippen molar-refractivity contribution in [3.8, 4) is 11.1 Å². The number of nitrogens with one attached hydrogen (secondary N) is 1. The normalized spacial score (nSPS) is 11.1. The van der Waals surface area contributed by atoms with E-state index < -0.39 is 5.82 Å². The molecule has 1 N–H and O–H groups in total. The molecule has 4 aromatic rings. The Morgan fingerprint density at radius 2 is 1.73 bits per heavy atom. The van der Waals surface area contributed by atoms with E-state index in [1.807, 2.05) is 13.0 Å². The van der Waals surface area contributed by atoms with E-state index in [0.717, 1.165) is 16.5 Å². The number of anilines is 1. The van der Waals surface area contributed by atoms with Gasteiger partial charge in [0.1, 0.15) is 18.2 Å². The first kappa shape index (κ1) is 20.6. The van der Waals surface area contributed by atoms with Crippen LogP contribution in [0.4, 0.5) is 14.5 Å². The number of aromatic nitrogens is 3. The number of carbonyl (C=O) groups is 1. The number of pyridine rings is 1.